The summed E-state index contributed by atoms with van der Waals surface area (Å²) >= 11 is 5.97. The third kappa shape index (κ3) is 2.76. The van der Waals surface area contributed by atoms with E-state index < -0.39 is 0 Å². The summed E-state index contributed by atoms with van der Waals surface area (Å²) in [5.74, 6) is 0. The number of rotatable bonds is 3. The zero-order valence-electron chi connectivity index (χ0n) is 9.38. The normalized spacial score (nSPS) is 25.6. The Hall–Kier alpha value is -0.570. The lowest BCUT2D eigenvalue weighted by Gasteiger charge is -2.36. The van der Waals surface area contributed by atoms with Crippen molar-refractivity contribution in [2.24, 2.45) is 5.41 Å². The number of halogens is 1. The molecule has 2 nitrogen and oxygen atoms in total. The van der Waals surface area contributed by atoms with Crippen molar-refractivity contribution in [3.8, 4) is 0 Å². The van der Waals surface area contributed by atoms with Gasteiger partial charge in [0.15, 0.2) is 0 Å². The Kier molecular flexibility index (Phi) is 3.85. The molecule has 1 fully saturated rings. The lowest BCUT2D eigenvalue weighted by atomic mass is 9.76. The summed E-state index contributed by atoms with van der Waals surface area (Å²) in [4.78, 5) is 0. The van der Waals surface area contributed by atoms with E-state index in [1.807, 2.05) is 18.2 Å². The van der Waals surface area contributed by atoms with Gasteiger partial charge in [0, 0.05) is 17.0 Å². The van der Waals surface area contributed by atoms with Gasteiger partial charge in [-0.2, -0.15) is 0 Å². The fourth-order valence-electron chi connectivity index (χ4n) is 2.45. The third-order valence-electron chi connectivity index (χ3n) is 3.36. The van der Waals surface area contributed by atoms with Crippen LogP contribution in [-0.4, -0.2) is 24.8 Å². The van der Waals surface area contributed by atoms with Crippen LogP contribution in [0.1, 0.15) is 18.4 Å². The van der Waals surface area contributed by atoms with E-state index in [0.717, 1.165) is 37.4 Å². The molecular formula is C13H18ClNO. The Bertz CT molecular complexity index is 348. The Morgan fingerprint density at radius 1 is 1.44 bits per heavy atom. The second kappa shape index (κ2) is 5.17. The standard InChI is InChI=1S/C13H18ClNO/c14-12-4-1-3-11(7-12)8-13(10-16)5-2-6-15-9-13/h1,3-4,7,15-16H,2,5-6,8-10H2. The number of hydrogen-bond acceptors (Lipinski definition) is 2. The van der Waals surface area contributed by atoms with Crippen molar-refractivity contribution in [2.75, 3.05) is 19.7 Å². The van der Waals surface area contributed by atoms with E-state index in [1.165, 1.54) is 5.56 Å². The van der Waals surface area contributed by atoms with Gasteiger partial charge in [-0.15, -0.1) is 0 Å². The van der Waals surface area contributed by atoms with Gasteiger partial charge in [-0.25, -0.2) is 0 Å². The number of aliphatic hydroxyl groups is 1. The monoisotopic (exact) mass is 239 g/mol. The van der Waals surface area contributed by atoms with Crippen molar-refractivity contribution >= 4 is 11.6 Å². The van der Waals surface area contributed by atoms with Crippen LogP contribution in [0.3, 0.4) is 0 Å². The molecule has 2 N–H and O–H groups in total. The highest BCUT2D eigenvalue weighted by Gasteiger charge is 2.31. The number of nitrogens with one attached hydrogen (secondary N) is 1. The van der Waals surface area contributed by atoms with Crippen molar-refractivity contribution in [2.45, 2.75) is 19.3 Å². The zero-order valence-corrected chi connectivity index (χ0v) is 10.1. The van der Waals surface area contributed by atoms with Crippen LogP contribution in [0, 0.1) is 5.41 Å². The number of aliphatic hydroxyl groups excluding tert-OH is 1. The van der Waals surface area contributed by atoms with Crippen LogP contribution < -0.4 is 5.32 Å². The molecule has 88 valence electrons. The van der Waals surface area contributed by atoms with Crippen molar-refractivity contribution in [3.63, 3.8) is 0 Å². The summed E-state index contributed by atoms with van der Waals surface area (Å²) in [5.41, 5.74) is 1.22. The van der Waals surface area contributed by atoms with Gasteiger partial charge in [0.25, 0.3) is 0 Å². The van der Waals surface area contributed by atoms with E-state index in [1.54, 1.807) is 0 Å². The van der Waals surface area contributed by atoms with Crippen molar-refractivity contribution in [3.05, 3.63) is 34.9 Å². The Morgan fingerprint density at radius 3 is 2.94 bits per heavy atom. The maximum Gasteiger partial charge on any atom is 0.0502 e. The van der Waals surface area contributed by atoms with Gasteiger partial charge >= 0.3 is 0 Å². The zero-order chi connectivity index (χ0) is 11.4. The molecule has 1 aliphatic rings. The van der Waals surface area contributed by atoms with Gasteiger partial charge < -0.3 is 10.4 Å². The number of hydrogen-bond donors (Lipinski definition) is 2. The van der Waals surface area contributed by atoms with Gasteiger partial charge in [-0.1, -0.05) is 23.7 Å². The molecule has 1 aromatic rings. The summed E-state index contributed by atoms with van der Waals surface area (Å²) in [7, 11) is 0. The minimum absolute atomic E-state index is 0.00291. The SMILES string of the molecule is OCC1(Cc2cccc(Cl)c2)CCCNC1. The summed E-state index contributed by atoms with van der Waals surface area (Å²) < 4.78 is 0. The molecule has 16 heavy (non-hydrogen) atoms. The smallest absolute Gasteiger partial charge is 0.0502 e. The molecular weight excluding hydrogens is 222 g/mol. The summed E-state index contributed by atoms with van der Waals surface area (Å²) in [6, 6.07) is 7.93. The molecule has 3 heteroatoms. The summed E-state index contributed by atoms with van der Waals surface area (Å²) in [6.07, 6.45) is 3.13. The quantitative estimate of drug-likeness (QED) is 0.848. The van der Waals surface area contributed by atoms with Gasteiger partial charge in [-0.3, -0.25) is 0 Å². The first kappa shape index (κ1) is 11.9. The molecule has 2 rings (SSSR count). The summed E-state index contributed by atoms with van der Waals surface area (Å²) in [5, 5.41) is 13.7. The fraction of sp³-hybridized carbons (Fsp3) is 0.538. The predicted octanol–water partition coefficient (Wildman–Crippen LogP) is 2.24. The second-order valence-corrected chi connectivity index (χ2v) is 5.18. The first-order valence-corrected chi connectivity index (χ1v) is 6.18. The van der Waals surface area contributed by atoms with Crippen LogP contribution in [0.4, 0.5) is 0 Å². The lowest BCUT2D eigenvalue weighted by molar-refractivity contribution is 0.0948. The van der Waals surface area contributed by atoms with Crippen molar-refractivity contribution in [1.29, 1.82) is 0 Å². The Labute approximate surface area is 102 Å². The van der Waals surface area contributed by atoms with E-state index >= 15 is 0 Å². The maximum atomic E-state index is 9.60. The molecule has 1 aliphatic heterocycles. The molecule has 1 saturated heterocycles. The van der Waals surface area contributed by atoms with Gasteiger partial charge in [0.05, 0.1) is 6.61 Å². The van der Waals surface area contributed by atoms with E-state index in [9.17, 15) is 5.11 Å². The Balaban J connectivity index is 2.11. The molecule has 1 aromatic carbocycles. The van der Waals surface area contributed by atoms with E-state index in [4.69, 9.17) is 11.6 Å². The summed E-state index contributed by atoms with van der Waals surface area (Å²) in [6.45, 7) is 2.21. The van der Waals surface area contributed by atoms with Crippen LogP contribution in [-0.2, 0) is 6.42 Å². The minimum Gasteiger partial charge on any atom is -0.396 e. The van der Waals surface area contributed by atoms with E-state index in [2.05, 4.69) is 11.4 Å². The highest BCUT2D eigenvalue weighted by molar-refractivity contribution is 6.30. The molecule has 1 unspecified atom stereocenters. The topological polar surface area (TPSA) is 32.3 Å². The van der Waals surface area contributed by atoms with Crippen LogP contribution in [0.2, 0.25) is 5.02 Å². The molecule has 0 aliphatic carbocycles. The molecule has 0 spiro atoms. The second-order valence-electron chi connectivity index (χ2n) is 4.75. The lowest BCUT2D eigenvalue weighted by Crippen LogP contribution is -2.44. The van der Waals surface area contributed by atoms with E-state index in [-0.39, 0.29) is 12.0 Å². The number of benzene rings is 1. The highest BCUT2D eigenvalue weighted by atomic mass is 35.5. The molecule has 0 saturated carbocycles. The molecule has 0 radical (unpaired) electrons. The average Bonchev–Trinajstić information content (AvgIpc) is 2.30. The first-order chi connectivity index (χ1) is 7.74. The minimum atomic E-state index is 0.00291. The van der Waals surface area contributed by atoms with Crippen LogP contribution in [0.5, 0.6) is 0 Å². The highest BCUT2D eigenvalue weighted by Crippen LogP contribution is 2.30. The van der Waals surface area contributed by atoms with Crippen LogP contribution in [0.25, 0.3) is 0 Å². The van der Waals surface area contributed by atoms with Crippen LogP contribution in [0.15, 0.2) is 24.3 Å². The van der Waals surface area contributed by atoms with Gasteiger partial charge in [0.2, 0.25) is 0 Å². The molecule has 0 amide bonds. The first-order valence-electron chi connectivity index (χ1n) is 5.80. The van der Waals surface area contributed by atoms with Gasteiger partial charge in [-0.05, 0) is 43.5 Å². The maximum absolute atomic E-state index is 9.60. The van der Waals surface area contributed by atoms with Crippen molar-refractivity contribution in [1.82, 2.24) is 5.32 Å². The molecule has 0 bridgehead atoms. The number of piperidine rings is 1. The van der Waals surface area contributed by atoms with E-state index in [0.29, 0.717) is 0 Å². The molecule has 1 heterocycles. The predicted molar refractivity (Wildman–Crippen MR) is 66.8 cm³/mol. The Morgan fingerprint density at radius 2 is 2.31 bits per heavy atom. The largest absolute Gasteiger partial charge is 0.396 e. The fourth-order valence-corrected chi connectivity index (χ4v) is 2.66. The molecule has 1 atom stereocenters. The van der Waals surface area contributed by atoms with Gasteiger partial charge in [0.1, 0.15) is 0 Å². The van der Waals surface area contributed by atoms with Crippen molar-refractivity contribution < 1.29 is 5.11 Å². The molecule has 0 aromatic heterocycles. The third-order valence-corrected chi connectivity index (χ3v) is 3.60. The van der Waals surface area contributed by atoms with Crippen LogP contribution >= 0.6 is 11.6 Å². The average molecular weight is 240 g/mol.